The molecule has 0 aromatic heterocycles. The summed E-state index contributed by atoms with van der Waals surface area (Å²) in [5.74, 6) is 1.41. The molecule has 0 bridgehead atoms. The molecule has 2 rings (SSSR count). The van der Waals surface area contributed by atoms with Crippen LogP contribution in [0.15, 0.2) is 18.2 Å². The number of amides is 1. The maximum absolute atomic E-state index is 12.3. The fourth-order valence-electron chi connectivity index (χ4n) is 3.11. The number of ether oxygens (including phenoxy) is 2. The summed E-state index contributed by atoms with van der Waals surface area (Å²) in [5.41, 5.74) is 6.20. The number of carbonyl (C=O) groups is 1. The van der Waals surface area contributed by atoms with Crippen LogP contribution in [0.25, 0.3) is 0 Å². The first-order chi connectivity index (χ1) is 11.5. The van der Waals surface area contributed by atoms with Gasteiger partial charge in [0, 0.05) is 18.2 Å². The van der Waals surface area contributed by atoms with E-state index in [1.165, 1.54) is 12.8 Å². The SMILES string of the molecule is CCCC(C)(N)C(=O)NCc1ccc(OC)cc1OC1CCCC1. The van der Waals surface area contributed by atoms with E-state index in [0.717, 1.165) is 36.3 Å². The Hall–Kier alpha value is -1.75. The van der Waals surface area contributed by atoms with Gasteiger partial charge in [0.05, 0.1) is 18.8 Å². The van der Waals surface area contributed by atoms with Crippen molar-refractivity contribution in [1.29, 1.82) is 0 Å². The number of methoxy groups -OCH3 is 1. The summed E-state index contributed by atoms with van der Waals surface area (Å²) in [7, 11) is 1.64. The highest BCUT2D eigenvalue weighted by atomic mass is 16.5. The Morgan fingerprint density at radius 3 is 2.71 bits per heavy atom. The Bertz CT molecular complexity index is 552. The maximum atomic E-state index is 12.3. The van der Waals surface area contributed by atoms with E-state index in [-0.39, 0.29) is 12.0 Å². The summed E-state index contributed by atoms with van der Waals surface area (Å²) in [5, 5.41) is 2.94. The van der Waals surface area contributed by atoms with E-state index in [9.17, 15) is 4.79 Å². The molecule has 5 heteroatoms. The summed E-state index contributed by atoms with van der Waals surface area (Å²) in [6, 6.07) is 5.72. The molecule has 0 aliphatic heterocycles. The van der Waals surface area contributed by atoms with Gasteiger partial charge in [0.15, 0.2) is 0 Å². The topological polar surface area (TPSA) is 73.6 Å². The largest absolute Gasteiger partial charge is 0.497 e. The third-order valence-corrected chi connectivity index (χ3v) is 4.60. The Balaban J connectivity index is 2.06. The molecule has 134 valence electrons. The van der Waals surface area contributed by atoms with Crippen LogP contribution in [-0.4, -0.2) is 24.7 Å². The third kappa shape index (κ3) is 4.87. The van der Waals surface area contributed by atoms with Crippen LogP contribution in [0, 0.1) is 0 Å². The lowest BCUT2D eigenvalue weighted by molar-refractivity contribution is -0.126. The molecule has 1 amide bonds. The fraction of sp³-hybridized carbons (Fsp3) is 0.632. The van der Waals surface area contributed by atoms with Crippen LogP contribution in [-0.2, 0) is 11.3 Å². The zero-order chi connectivity index (χ0) is 17.6. The van der Waals surface area contributed by atoms with Gasteiger partial charge in [-0.05, 0) is 51.2 Å². The standard InChI is InChI=1S/C19H30N2O3/c1-4-11-19(2,20)18(22)21-13-14-9-10-16(23-3)12-17(14)24-15-7-5-6-8-15/h9-10,12,15H,4-8,11,13,20H2,1-3H3,(H,21,22). The minimum atomic E-state index is -0.840. The number of hydrogen-bond donors (Lipinski definition) is 2. The van der Waals surface area contributed by atoms with Crippen molar-refractivity contribution < 1.29 is 14.3 Å². The Kier molecular flexibility index (Phi) is 6.49. The fourth-order valence-corrected chi connectivity index (χ4v) is 3.11. The molecule has 0 heterocycles. The van der Waals surface area contributed by atoms with Crippen LogP contribution in [0.4, 0.5) is 0 Å². The molecular formula is C19H30N2O3. The molecule has 24 heavy (non-hydrogen) atoms. The van der Waals surface area contributed by atoms with Crippen molar-refractivity contribution in [3.63, 3.8) is 0 Å². The zero-order valence-corrected chi connectivity index (χ0v) is 15.1. The zero-order valence-electron chi connectivity index (χ0n) is 15.1. The number of benzene rings is 1. The number of nitrogens with one attached hydrogen (secondary N) is 1. The first kappa shape index (κ1) is 18.6. The lowest BCUT2D eigenvalue weighted by Gasteiger charge is -2.23. The van der Waals surface area contributed by atoms with Crippen molar-refractivity contribution >= 4 is 5.91 Å². The highest BCUT2D eigenvalue weighted by Gasteiger charge is 2.27. The van der Waals surface area contributed by atoms with E-state index in [1.807, 2.05) is 25.1 Å². The number of rotatable bonds is 8. The van der Waals surface area contributed by atoms with Gasteiger partial charge in [0.25, 0.3) is 0 Å². The van der Waals surface area contributed by atoms with Gasteiger partial charge < -0.3 is 20.5 Å². The first-order valence-corrected chi connectivity index (χ1v) is 8.87. The van der Waals surface area contributed by atoms with Crippen molar-refractivity contribution in [3.8, 4) is 11.5 Å². The monoisotopic (exact) mass is 334 g/mol. The van der Waals surface area contributed by atoms with Gasteiger partial charge in [-0.15, -0.1) is 0 Å². The lowest BCUT2D eigenvalue weighted by Crippen LogP contribution is -2.51. The number of carbonyl (C=O) groups excluding carboxylic acids is 1. The van der Waals surface area contributed by atoms with Gasteiger partial charge in [-0.25, -0.2) is 0 Å². The van der Waals surface area contributed by atoms with Crippen LogP contribution in [0.5, 0.6) is 11.5 Å². The molecule has 0 saturated heterocycles. The van der Waals surface area contributed by atoms with Crippen molar-refractivity contribution in [2.45, 2.75) is 70.6 Å². The predicted molar refractivity (Wildman–Crippen MR) is 95.2 cm³/mol. The van der Waals surface area contributed by atoms with Gasteiger partial charge in [0.2, 0.25) is 5.91 Å². The average Bonchev–Trinajstić information content (AvgIpc) is 3.06. The van der Waals surface area contributed by atoms with Crippen molar-refractivity contribution in [2.75, 3.05) is 7.11 Å². The van der Waals surface area contributed by atoms with E-state index in [1.54, 1.807) is 14.0 Å². The molecule has 1 aromatic rings. The quantitative estimate of drug-likeness (QED) is 0.766. The van der Waals surface area contributed by atoms with Crippen LogP contribution in [0.3, 0.4) is 0 Å². The molecule has 1 atom stereocenters. The second-order valence-electron chi connectivity index (χ2n) is 6.85. The number of hydrogen-bond acceptors (Lipinski definition) is 4. The molecule has 0 radical (unpaired) electrons. The molecule has 5 nitrogen and oxygen atoms in total. The maximum Gasteiger partial charge on any atom is 0.240 e. The summed E-state index contributed by atoms with van der Waals surface area (Å²) in [6.45, 7) is 4.20. The van der Waals surface area contributed by atoms with Crippen molar-refractivity contribution in [3.05, 3.63) is 23.8 Å². The summed E-state index contributed by atoms with van der Waals surface area (Å²) >= 11 is 0. The highest BCUT2D eigenvalue weighted by Crippen LogP contribution is 2.30. The minimum Gasteiger partial charge on any atom is -0.497 e. The van der Waals surface area contributed by atoms with Crippen LogP contribution < -0.4 is 20.5 Å². The van der Waals surface area contributed by atoms with E-state index in [4.69, 9.17) is 15.2 Å². The molecule has 1 saturated carbocycles. The highest BCUT2D eigenvalue weighted by molar-refractivity contribution is 5.85. The Labute approximate surface area is 144 Å². The van der Waals surface area contributed by atoms with Gasteiger partial charge in [-0.3, -0.25) is 4.79 Å². The summed E-state index contributed by atoms with van der Waals surface area (Å²) in [4.78, 5) is 12.3. The second-order valence-corrected chi connectivity index (χ2v) is 6.85. The summed E-state index contributed by atoms with van der Waals surface area (Å²) < 4.78 is 11.5. The van der Waals surface area contributed by atoms with Gasteiger partial charge in [-0.1, -0.05) is 13.3 Å². The molecule has 0 spiro atoms. The molecule has 1 unspecified atom stereocenters. The van der Waals surface area contributed by atoms with E-state index < -0.39 is 5.54 Å². The summed E-state index contributed by atoms with van der Waals surface area (Å²) in [6.07, 6.45) is 6.38. The first-order valence-electron chi connectivity index (χ1n) is 8.87. The van der Waals surface area contributed by atoms with Crippen molar-refractivity contribution in [1.82, 2.24) is 5.32 Å². The van der Waals surface area contributed by atoms with Crippen molar-refractivity contribution in [2.24, 2.45) is 5.73 Å². The van der Waals surface area contributed by atoms with E-state index >= 15 is 0 Å². The molecule has 1 aliphatic carbocycles. The Morgan fingerprint density at radius 1 is 1.38 bits per heavy atom. The number of nitrogens with two attached hydrogens (primary N) is 1. The average molecular weight is 334 g/mol. The van der Waals surface area contributed by atoms with E-state index in [0.29, 0.717) is 13.0 Å². The van der Waals surface area contributed by atoms with Gasteiger partial charge >= 0.3 is 0 Å². The smallest absolute Gasteiger partial charge is 0.240 e. The lowest BCUT2D eigenvalue weighted by atomic mass is 9.96. The minimum absolute atomic E-state index is 0.132. The molecular weight excluding hydrogens is 304 g/mol. The molecule has 1 fully saturated rings. The third-order valence-electron chi connectivity index (χ3n) is 4.60. The Morgan fingerprint density at radius 2 is 2.08 bits per heavy atom. The normalized spacial score (nSPS) is 17.3. The van der Waals surface area contributed by atoms with Crippen LogP contribution in [0.2, 0.25) is 0 Å². The molecule has 3 N–H and O–H groups in total. The molecule has 1 aliphatic rings. The van der Waals surface area contributed by atoms with Crippen LogP contribution in [0.1, 0.15) is 57.9 Å². The van der Waals surface area contributed by atoms with Gasteiger partial charge in [0.1, 0.15) is 11.5 Å². The van der Waals surface area contributed by atoms with E-state index in [2.05, 4.69) is 5.32 Å². The predicted octanol–water partition coefficient (Wildman–Crippen LogP) is 3.15. The molecule has 1 aromatic carbocycles. The van der Waals surface area contributed by atoms with Gasteiger partial charge in [-0.2, -0.15) is 0 Å². The second kappa shape index (κ2) is 8.38. The van der Waals surface area contributed by atoms with Crippen LogP contribution >= 0.6 is 0 Å².